The molecule has 0 N–H and O–H groups in total. The van der Waals surface area contributed by atoms with Gasteiger partial charge in [0.1, 0.15) is 6.04 Å². The molecule has 1 aliphatic carbocycles. The molecule has 0 spiro atoms. The van der Waals surface area contributed by atoms with E-state index in [1.54, 1.807) is 42.5 Å². The predicted molar refractivity (Wildman–Crippen MR) is 93.4 cm³/mol. The lowest BCUT2D eigenvalue weighted by Gasteiger charge is -2.27. The van der Waals surface area contributed by atoms with Crippen molar-refractivity contribution in [3.63, 3.8) is 0 Å². The first kappa shape index (κ1) is 15.8. The van der Waals surface area contributed by atoms with E-state index in [-0.39, 0.29) is 22.7 Å². The average Bonchev–Trinajstić information content (AvgIpc) is 3.07. The number of nitrogens with zero attached hydrogens (tertiary/aromatic N) is 2. The first-order chi connectivity index (χ1) is 11.9. The Hall–Kier alpha value is -2.67. The highest BCUT2D eigenvalue weighted by molar-refractivity contribution is 7.92. The Morgan fingerprint density at radius 2 is 1.76 bits per heavy atom. The fraction of sp³-hybridized carbons (Fsp3) is 0.222. The lowest BCUT2D eigenvalue weighted by Crippen LogP contribution is -2.48. The topological polar surface area (TPSA) is 80.5 Å². The Bertz CT molecular complexity index is 987. The van der Waals surface area contributed by atoms with E-state index in [4.69, 9.17) is 0 Å². The molecule has 2 unspecified atom stereocenters. The SMILES string of the molecule is C=C1CC2N(S(=O)(=O)c3ccccc3)c3ccccc3C2([N+](=O)[O-])C1. The lowest BCUT2D eigenvalue weighted by atomic mass is 9.88. The second-order valence-corrected chi connectivity index (χ2v) is 8.27. The maximum absolute atomic E-state index is 13.3. The van der Waals surface area contributed by atoms with Crippen LogP contribution in [0.2, 0.25) is 0 Å². The Morgan fingerprint density at radius 3 is 2.44 bits per heavy atom. The molecule has 1 fully saturated rings. The van der Waals surface area contributed by atoms with Crippen molar-refractivity contribution in [2.75, 3.05) is 4.31 Å². The van der Waals surface area contributed by atoms with Gasteiger partial charge in [-0.25, -0.2) is 8.42 Å². The van der Waals surface area contributed by atoms with Crippen LogP contribution in [-0.4, -0.2) is 19.4 Å². The van der Waals surface area contributed by atoms with Crippen LogP contribution in [0, 0.1) is 10.1 Å². The van der Waals surface area contributed by atoms with Crippen LogP contribution in [0.3, 0.4) is 0 Å². The monoisotopic (exact) mass is 356 g/mol. The summed E-state index contributed by atoms with van der Waals surface area (Å²) < 4.78 is 27.8. The van der Waals surface area contributed by atoms with Gasteiger partial charge in [0, 0.05) is 11.3 Å². The van der Waals surface area contributed by atoms with E-state index in [1.807, 2.05) is 0 Å². The van der Waals surface area contributed by atoms with Gasteiger partial charge < -0.3 is 0 Å². The van der Waals surface area contributed by atoms with Crippen LogP contribution in [0.1, 0.15) is 18.4 Å². The van der Waals surface area contributed by atoms with Gasteiger partial charge in [0.2, 0.25) is 0 Å². The molecule has 6 nitrogen and oxygen atoms in total. The zero-order valence-corrected chi connectivity index (χ0v) is 14.1. The fourth-order valence-corrected chi connectivity index (χ4v) is 5.78. The number of rotatable bonds is 3. The van der Waals surface area contributed by atoms with Gasteiger partial charge in [0.05, 0.1) is 16.1 Å². The predicted octanol–water partition coefficient (Wildman–Crippen LogP) is 3.09. The van der Waals surface area contributed by atoms with Gasteiger partial charge in [-0.1, -0.05) is 42.5 Å². The molecule has 1 aliphatic heterocycles. The van der Waals surface area contributed by atoms with Crippen LogP contribution in [0.5, 0.6) is 0 Å². The minimum Gasteiger partial charge on any atom is -0.263 e. The molecule has 2 aromatic carbocycles. The van der Waals surface area contributed by atoms with Gasteiger partial charge in [-0.3, -0.25) is 14.4 Å². The van der Waals surface area contributed by atoms with Crippen molar-refractivity contribution in [2.24, 2.45) is 0 Å². The summed E-state index contributed by atoms with van der Waals surface area (Å²) >= 11 is 0. The number of benzene rings is 2. The largest absolute Gasteiger partial charge is 0.274 e. The smallest absolute Gasteiger partial charge is 0.263 e. The average molecular weight is 356 g/mol. The first-order valence-electron chi connectivity index (χ1n) is 7.89. The van der Waals surface area contributed by atoms with Gasteiger partial charge in [0.25, 0.3) is 15.6 Å². The minimum atomic E-state index is -3.91. The van der Waals surface area contributed by atoms with Crippen molar-refractivity contribution in [3.8, 4) is 0 Å². The number of anilines is 1. The third-order valence-corrected chi connectivity index (χ3v) is 6.91. The van der Waals surface area contributed by atoms with Crippen LogP contribution in [-0.2, 0) is 15.6 Å². The van der Waals surface area contributed by atoms with Crippen molar-refractivity contribution in [1.82, 2.24) is 0 Å². The zero-order chi connectivity index (χ0) is 17.8. The summed E-state index contributed by atoms with van der Waals surface area (Å²) in [6, 6.07) is 13.9. The van der Waals surface area contributed by atoms with E-state index in [2.05, 4.69) is 6.58 Å². The van der Waals surface area contributed by atoms with E-state index in [0.29, 0.717) is 16.8 Å². The van der Waals surface area contributed by atoms with Gasteiger partial charge in [-0.2, -0.15) is 0 Å². The van der Waals surface area contributed by atoms with Crippen LogP contribution < -0.4 is 4.31 Å². The molecule has 1 saturated carbocycles. The van der Waals surface area contributed by atoms with E-state index in [9.17, 15) is 18.5 Å². The lowest BCUT2D eigenvalue weighted by molar-refractivity contribution is -0.577. The summed E-state index contributed by atoms with van der Waals surface area (Å²) in [4.78, 5) is 11.9. The second kappa shape index (κ2) is 5.16. The molecule has 0 radical (unpaired) electrons. The molecule has 2 atom stereocenters. The Balaban J connectivity index is 1.99. The number of nitro groups is 1. The quantitative estimate of drug-likeness (QED) is 0.481. The highest BCUT2D eigenvalue weighted by Gasteiger charge is 2.66. The van der Waals surface area contributed by atoms with E-state index < -0.39 is 21.6 Å². The van der Waals surface area contributed by atoms with Gasteiger partial charge in [0.15, 0.2) is 0 Å². The molecule has 0 aromatic heterocycles. The van der Waals surface area contributed by atoms with Crippen molar-refractivity contribution in [1.29, 1.82) is 0 Å². The third kappa shape index (κ3) is 1.99. The number of sulfonamides is 1. The summed E-state index contributed by atoms with van der Waals surface area (Å²) in [5.74, 6) is 0. The summed E-state index contributed by atoms with van der Waals surface area (Å²) in [5, 5.41) is 12.1. The summed E-state index contributed by atoms with van der Waals surface area (Å²) in [6.45, 7) is 3.90. The molecule has 128 valence electrons. The molecule has 0 saturated heterocycles. The van der Waals surface area contributed by atoms with Crippen molar-refractivity contribution in [3.05, 3.63) is 82.4 Å². The second-order valence-electron chi connectivity index (χ2n) is 6.46. The molecule has 4 rings (SSSR count). The minimum absolute atomic E-state index is 0.126. The van der Waals surface area contributed by atoms with E-state index >= 15 is 0 Å². The number of para-hydroxylation sites is 1. The van der Waals surface area contributed by atoms with Gasteiger partial charge >= 0.3 is 0 Å². The molecule has 1 heterocycles. The maximum atomic E-state index is 13.3. The third-order valence-electron chi connectivity index (χ3n) is 5.07. The molecule has 0 bridgehead atoms. The molecule has 2 aliphatic rings. The van der Waals surface area contributed by atoms with E-state index in [0.717, 1.165) is 0 Å². The fourth-order valence-electron chi connectivity index (χ4n) is 4.05. The first-order valence-corrected chi connectivity index (χ1v) is 9.33. The van der Waals surface area contributed by atoms with Crippen molar-refractivity contribution >= 4 is 15.7 Å². The molecule has 7 heteroatoms. The highest BCUT2D eigenvalue weighted by atomic mass is 32.2. The summed E-state index contributed by atoms with van der Waals surface area (Å²) in [7, 11) is -3.91. The normalized spacial score (nSPS) is 24.9. The zero-order valence-electron chi connectivity index (χ0n) is 13.3. The molecular formula is C18H16N2O4S. The summed E-state index contributed by atoms with van der Waals surface area (Å²) in [6.07, 6.45) is 0.435. The van der Waals surface area contributed by atoms with Crippen LogP contribution >= 0.6 is 0 Å². The number of hydrogen-bond donors (Lipinski definition) is 0. The summed E-state index contributed by atoms with van der Waals surface area (Å²) in [5.41, 5.74) is 0.0726. The van der Waals surface area contributed by atoms with Gasteiger partial charge in [-0.15, -0.1) is 0 Å². The molecule has 25 heavy (non-hydrogen) atoms. The van der Waals surface area contributed by atoms with Gasteiger partial charge in [-0.05, 0) is 30.7 Å². The Morgan fingerprint density at radius 1 is 1.12 bits per heavy atom. The number of fused-ring (bicyclic) bond motifs is 3. The Kier molecular flexibility index (Phi) is 3.27. The molecular weight excluding hydrogens is 340 g/mol. The molecule has 0 amide bonds. The number of hydrogen-bond acceptors (Lipinski definition) is 4. The van der Waals surface area contributed by atoms with Crippen LogP contribution in [0.4, 0.5) is 5.69 Å². The van der Waals surface area contributed by atoms with Crippen molar-refractivity contribution < 1.29 is 13.3 Å². The standard InChI is InChI=1S/C18H16N2O4S/c1-13-11-17-18(12-13,20(21)22)15-9-5-6-10-16(15)19(17)25(23,24)14-7-3-2-4-8-14/h2-10,17H,1,11-12H2. The van der Waals surface area contributed by atoms with Crippen LogP contribution in [0.15, 0.2) is 71.6 Å². The highest BCUT2D eigenvalue weighted by Crippen LogP contribution is 2.56. The Labute approximate surface area is 145 Å². The van der Waals surface area contributed by atoms with E-state index in [1.165, 1.54) is 16.4 Å². The van der Waals surface area contributed by atoms with Crippen molar-refractivity contribution in [2.45, 2.75) is 29.3 Å². The maximum Gasteiger partial charge on any atom is 0.274 e. The molecule has 2 aromatic rings. The van der Waals surface area contributed by atoms with Crippen LogP contribution in [0.25, 0.3) is 0 Å².